The van der Waals surface area contributed by atoms with Gasteiger partial charge in [-0.25, -0.2) is 0 Å². The van der Waals surface area contributed by atoms with Crippen molar-refractivity contribution in [3.63, 3.8) is 0 Å². The molecule has 0 radical (unpaired) electrons. The highest BCUT2D eigenvalue weighted by Gasteiger charge is 2.29. The third kappa shape index (κ3) is 4.25. The number of carbonyl (C=O) groups excluding carboxylic acids is 1. The van der Waals surface area contributed by atoms with Crippen LogP contribution >= 0.6 is 11.8 Å². The average molecular weight is 312 g/mol. The summed E-state index contributed by atoms with van der Waals surface area (Å²) in [6.07, 6.45) is 0. The molecule has 1 fully saturated rings. The normalized spacial score (nSPS) is 20.8. The van der Waals surface area contributed by atoms with E-state index in [9.17, 15) is 9.90 Å². The van der Waals surface area contributed by atoms with Crippen LogP contribution in [0.3, 0.4) is 0 Å². The Labute approximate surface area is 130 Å². The van der Waals surface area contributed by atoms with Gasteiger partial charge >= 0.3 is 0 Å². The lowest BCUT2D eigenvalue weighted by Gasteiger charge is -2.31. The molecule has 2 N–H and O–H groups in total. The molecule has 1 amide bonds. The Hall–Kier alpha value is -0.980. The molecule has 0 aromatic carbocycles. The first kappa shape index (κ1) is 16.4. The van der Waals surface area contributed by atoms with Crippen LogP contribution in [-0.4, -0.2) is 53.1 Å². The van der Waals surface area contributed by atoms with Gasteiger partial charge in [-0.15, -0.1) is 0 Å². The number of nitrogens with zero attached hydrogens (tertiary/aromatic N) is 1. The van der Waals surface area contributed by atoms with Crippen molar-refractivity contribution in [3.8, 4) is 0 Å². The third-order valence-electron chi connectivity index (χ3n) is 3.85. The molecule has 1 aromatic heterocycles. The first-order valence-corrected chi connectivity index (χ1v) is 8.44. The number of rotatable bonds is 5. The van der Waals surface area contributed by atoms with E-state index in [-0.39, 0.29) is 18.5 Å². The molecule has 0 aliphatic carbocycles. The highest BCUT2D eigenvalue weighted by molar-refractivity contribution is 7.99. The standard InChI is InChI=1S/C15H24N2O3S/c1-11-4-5-13(20-11)15(3,19)10-16-14(18)12(2)17-6-8-21-9-7-17/h4-5,12,19H,6-10H2,1-3H3,(H,16,18). The molecule has 0 spiro atoms. The number of aryl methyl sites for hydroxylation is 1. The van der Waals surface area contributed by atoms with Crippen LogP contribution in [0.25, 0.3) is 0 Å². The number of thioether (sulfide) groups is 1. The van der Waals surface area contributed by atoms with Crippen molar-refractivity contribution in [1.29, 1.82) is 0 Å². The maximum atomic E-state index is 12.2. The maximum Gasteiger partial charge on any atom is 0.237 e. The van der Waals surface area contributed by atoms with E-state index in [1.54, 1.807) is 19.1 Å². The number of nitrogens with one attached hydrogen (secondary N) is 1. The van der Waals surface area contributed by atoms with Gasteiger partial charge in [-0.2, -0.15) is 11.8 Å². The zero-order chi connectivity index (χ0) is 15.5. The van der Waals surface area contributed by atoms with Gasteiger partial charge in [0.05, 0.1) is 12.6 Å². The summed E-state index contributed by atoms with van der Waals surface area (Å²) in [4.78, 5) is 14.4. The first-order chi connectivity index (χ1) is 9.90. The second-order valence-electron chi connectivity index (χ2n) is 5.73. The van der Waals surface area contributed by atoms with Crippen LogP contribution in [0.5, 0.6) is 0 Å². The molecule has 2 atom stereocenters. The number of hydrogen-bond donors (Lipinski definition) is 2. The van der Waals surface area contributed by atoms with Crippen molar-refractivity contribution < 1.29 is 14.3 Å². The SMILES string of the molecule is Cc1ccc(C(C)(O)CNC(=O)C(C)N2CCSCC2)o1. The molecular weight excluding hydrogens is 288 g/mol. The Morgan fingerprint density at radius 3 is 2.76 bits per heavy atom. The van der Waals surface area contributed by atoms with Crippen LogP contribution in [0.4, 0.5) is 0 Å². The fourth-order valence-corrected chi connectivity index (χ4v) is 3.28. The Bertz CT molecular complexity index is 481. The van der Waals surface area contributed by atoms with E-state index in [2.05, 4.69) is 10.2 Å². The molecule has 2 rings (SSSR count). The lowest BCUT2D eigenvalue weighted by Crippen LogP contribution is -2.50. The van der Waals surface area contributed by atoms with Gasteiger partial charge in [-0.1, -0.05) is 0 Å². The predicted octanol–water partition coefficient (Wildman–Crippen LogP) is 1.35. The molecule has 0 bridgehead atoms. The minimum absolute atomic E-state index is 0.0505. The minimum Gasteiger partial charge on any atom is -0.463 e. The van der Waals surface area contributed by atoms with Gasteiger partial charge in [0, 0.05) is 24.6 Å². The van der Waals surface area contributed by atoms with E-state index in [1.165, 1.54) is 0 Å². The zero-order valence-electron chi connectivity index (χ0n) is 12.9. The fraction of sp³-hybridized carbons (Fsp3) is 0.667. The topological polar surface area (TPSA) is 65.7 Å². The van der Waals surface area contributed by atoms with Crippen molar-refractivity contribution in [2.45, 2.75) is 32.4 Å². The van der Waals surface area contributed by atoms with Crippen LogP contribution < -0.4 is 5.32 Å². The molecule has 2 heterocycles. The Morgan fingerprint density at radius 2 is 2.19 bits per heavy atom. The van der Waals surface area contributed by atoms with Gasteiger partial charge in [0.1, 0.15) is 17.1 Å². The summed E-state index contributed by atoms with van der Waals surface area (Å²) in [5, 5.41) is 13.2. The zero-order valence-corrected chi connectivity index (χ0v) is 13.7. The minimum atomic E-state index is -1.19. The van der Waals surface area contributed by atoms with E-state index < -0.39 is 5.60 Å². The molecule has 1 aromatic rings. The summed E-state index contributed by atoms with van der Waals surface area (Å²) in [5.74, 6) is 3.31. The van der Waals surface area contributed by atoms with E-state index in [0.717, 1.165) is 30.4 Å². The van der Waals surface area contributed by atoms with Gasteiger partial charge in [0.15, 0.2) is 0 Å². The number of hydrogen-bond acceptors (Lipinski definition) is 5. The molecule has 1 aliphatic rings. The quantitative estimate of drug-likeness (QED) is 0.859. The Balaban J connectivity index is 1.87. The van der Waals surface area contributed by atoms with Gasteiger partial charge in [-0.3, -0.25) is 9.69 Å². The fourth-order valence-electron chi connectivity index (χ4n) is 2.35. The molecule has 2 unspecified atom stereocenters. The summed E-state index contributed by atoms with van der Waals surface area (Å²) >= 11 is 1.92. The molecule has 6 heteroatoms. The van der Waals surface area contributed by atoms with Gasteiger partial charge < -0.3 is 14.8 Å². The largest absolute Gasteiger partial charge is 0.463 e. The first-order valence-electron chi connectivity index (χ1n) is 7.29. The summed E-state index contributed by atoms with van der Waals surface area (Å²) < 4.78 is 5.44. The number of carbonyl (C=O) groups is 1. The van der Waals surface area contributed by atoms with Crippen LogP contribution in [0, 0.1) is 6.92 Å². The third-order valence-corrected chi connectivity index (χ3v) is 4.79. The van der Waals surface area contributed by atoms with Crippen LogP contribution in [0.2, 0.25) is 0 Å². The van der Waals surface area contributed by atoms with Gasteiger partial charge in [-0.05, 0) is 32.9 Å². The van der Waals surface area contributed by atoms with Gasteiger partial charge in [0.2, 0.25) is 5.91 Å². The summed E-state index contributed by atoms with van der Waals surface area (Å²) in [5.41, 5.74) is -1.19. The van der Waals surface area contributed by atoms with Crippen LogP contribution in [0.1, 0.15) is 25.4 Å². The summed E-state index contributed by atoms with van der Waals surface area (Å²) in [6.45, 7) is 7.41. The molecular formula is C15H24N2O3S. The number of amides is 1. The smallest absolute Gasteiger partial charge is 0.237 e. The molecule has 21 heavy (non-hydrogen) atoms. The monoisotopic (exact) mass is 312 g/mol. The van der Waals surface area contributed by atoms with Crippen LogP contribution in [-0.2, 0) is 10.4 Å². The number of furan rings is 1. The summed E-state index contributed by atoms with van der Waals surface area (Å²) in [6, 6.07) is 3.38. The van der Waals surface area contributed by atoms with E-state index in [4.69, 9.17) is 4.42 Å². The van der Waals surface area contributed by atoms with E-state index >= 15 is 0 Å². The van der Waals surface area contributed by atoms with E-state index in [1.807, 2.05) is 25.6 Å². The van der Waals surface area contributed by atoms with Crippen molar-refractivity contribution in [2.75, 3.05) is 31.1 Å². The lowest BCUT2D eigenvalue weighted by molar-refractivity contribution is -0.127. The molecule has 1 aliphatic heterocycles. The lowest BCUT2D eigenvalue weighted by atomic mass is 10.0. The maximum absolute atomic E-state index is 12.2. The molecule has 118 valence electrons. The van der Waals surface area contributed by atoms with E-state index in [0.29, 0.717) is 5.76 Å². The van der Waals surface area contributed by atoms with Crippen molar-refractivity contribution >= 4 is 17.7 Å². The molecule has 0 saturated carbocycles. The highest BCUT2D eigenvalue weighted by atomic mass is 32.2. The Kier molecular flexibility index (Phi) is 5.35. The average Bonchev–Trinajstić information content (AvgIpc) is 2.92. The molecule has 1 saturated heterocycles. The second-order valence-corrected chi connectivity index (χ2v) is 6.95. The second kappa shape index (κ2) is 6.85. The highest BCUT2D eigenvalue weighted by Crippen LogP contribution is 2.22. The van der Waals surface area contributed by atoms with Gasteiger partial charge in [0.25, 0.3) is 0 Å². The summed E-state index contributed by atoms with van der Waals surface area (Å²) in [7, 11) is 0. The van der Waals surface area contributed by atoms with Crippen molar-refractivity contribution in [1.82, 2.24) is 10.2 Å². The van der Waals surface area contributed by atoms with Crippen molar-refractivity contribution in [2.24, 2.45) is 0 Å². The van der Waals surface area contributed by atoms with Crippen molar-refractivity contribution in [3.05, 3.63) is 23.7 Å². The molecule has 5 nitrogen and oxygen atoms in total. The number of aliphatic hydroxyl groups is 1. The van der Waals surface area contributed by atoms with Crippen LogP contribution in [0.15, 0.2) is 16.5 Å². The Morgan fingerprint density at radius 1 is 1.52 bits per heavy atom. The predicted molar refractivity (Wildman–Crippen MR) is 84.4 cm³/mol.